The molecule has 0 saturated carbocycles. The molecule has 2 amide bonds. The SMILES string of the molecule is O=C(COc1ccccc1)NCC(=O)OCC(=O)Nc1c(F)cc(F)cc1Br. The lowest BCUT2D eigenvalue weighted by atomic mass is 10.3. The first-order chi connectivity index (χ1) is 13.3. The van der Waals surface area contributed by atoms with Crippen LogP contribution in [0, 0.1) is 11.6 Å². The quantitative estimate of drug-likeness (QED) is 0.594. The number of ether oxygens (including phenoxy) is 2. The van der Waals surface area contributed by atoms with Crippen molar-refractivity contribution in [1.82, 2.24) is 5.32 Å². The van der Waals surface area contributed by atoms with Gasteiger partial charge in [0.2, 0.25) is 0 Å². The van der Waals surface area contributed by atoms with Crippen molar-refractivity contribution >= 4 is 39.4 Å². The molecule has 0 aliphatic carbocycles. The second kappa shape index (κ2) is 10.4. The fourth-order valence-electron chi connectivity index (χ4n) is 1.92. The van der Waals surface area contributed by atoms with E-state index >= 15 is 0 Å². The smallest absolute Gasteiger partial charge is 0.325 e. The lowest BCUT2D eigenvalue weighted by Gasteiger charge is -2.10. The van der Waals surface area contributed by atoms with Gasteiger partial charge in [0.1, 0.15) is 18.1 Å². The number of halogens is 3. The molecule has 0 fully saturated rings. The lowest BCUT2D eigenvalue weighted by molar-refractivity contribution is -0.147. The zero-order valence-electron chi connectivity index (χ0n) is 14.3. The van der Waals surface area contributed by atoms with Crippen molar-refractivity contribution in [2.24, 2.45) is 0 Å². The van der Waals surface area contributed by atoms with Gasteiger partial charge in [-0.2, -0.15) is 0 Å². The van der Waals surface area contributed by atoms with Crippen LogP contribution >= 0.6 is 15.9 Å². The van der Waals surface area contributed by atoms with Gasteiger partial charge in [-0.3, -0.25) is 14.4 Å². The Bertz CT molecular complexity index is 841. The van der Waals surface area contributed by atoms with Crippen LogP contribution in [0.5, 0.6) is 5.75 Å². The molecule has 0 saturated heterocycles. The number of rotatable bonds is 8. The van der Waals surface area contributed by atoms with Gasteiger partial charge in [-0.1, -0.05) is 18.2 Å². The number of hydrogen-bond donors (Lipinski definition) is 2. The van der Waals surface area contributed by atoms with Crippen molar-refractivity contribution < 1.29 is 32.6 Å². The summed E-state index contributed by atoms with van der Waals surface area (Å²) in [6.45, 7) is -1.48. The average molecular weight is 457 g/mol. The van der Waals surface area contributed by atoms with Crippen LogP contribution in [0.15, 0.2) is 46.9 Å². The number of amides is 2. The molecule has 0 atom stereocenters. The first kappa shape index (κ1) is 21.3. The number of para-hydroxylation sites is 1. The predicted molar refractivity (Wildman–Crippen MR) is 98.6 cm³/mol. The molecule has 10 heteroatoms. The van der Waals surface area contributed by atoms with Crippen LogP contribution in [0.4, 0.5) is 14.5 Å². The normalized spacial score (nSPS) is 10.1. The maximum Gasteiger partial charge on any atom is 0.325 e. The van der Waals surface area contributed by atoms with E-state index in [1.807, 2.05) is 0 Å². The standard InChI is InChI=1S/C18H15BrF2N2O5/c19-13-6-11(20)7-14(21)18(13)23-16(25)10-28-17(26)8-22-15(24)9-27-12-4-2-1-3-5-12/h1-7H,8-10H2,(H,22,24)(H,23,25). The number of esters is 1. The minimum absolute atomic E-state index is 0.00430. The van der Waals surface area contributed by atoms with Gasteiger partial charge in [0.25, 0.3) is 11.8 Å². The van der Waals surface area contributed by atoms with Crippen molar-refractivity contribution in [2.45, 2.75) is 0 Å². The zero-order chi connectivity index (χ0) is 20.5. The Hall–Kier alpha value is -3.01. The van der Waals surface area contributed by atoms with E-state index in [4.69, 9.17) is 4.74 Å². The Morgan fingerprint density at radius 2 is 1.71 bits per heavy atom. The van der Waals surface area contributed by atoms with Gasteiger partial charge in [0, 0.05) is 10.5 Å². The van der Waals surface area contributed by atoms with Crippen molar-refractivity contribution in [2.75, 3.05) is 25.1 Å². The summed E-state index contributed by atoms with van der Waals surface area (Å²) in [6, 6.07) is 10.2. The fraction of sp³-hybridized carbons (Fsp3) is 0.167. The van der Waals surface area contributed by atoms with E-state index < -0.39 is 42.6 Å². The molecule has 28 heavy (non-hydrogen) atoms. The van der Waals surface area contributed by atoms with Crippen LogP contribution in [0.1, 0.15) is 0 Å². The monoisotopic (exact) mass is 456 g/mol. The average Bonchev–Trinajstić information content (AvgIpc) is 2.66. The van der Waals surface area contributed by atoms with Crippen LogP contribution in [-0.4, -0.2) is 37.5 Å². The molecule has 0 unspecified atom stereocenters. The summed E-state index contributed by atoms with van der Waals surface area (Å²) in [4.78, 5) is 34.9. The topological polar surface area (TPSA) is 93.7 Å². The van der Waals surface area contributed by atoms with Crippen LogP contribution < -0.4 is 15.4 Å². The minimum atomic E-state index is -0.989. The van der Waals surface area contributed by atoms with Crippen LogP contribution in [-0.2, 0) is 19.1 Å². The van der Waals surface area contributed by atoms with Crippen LogP contribution in [0.2, 0.25) is 0 Å². The molecule has 2 aromatic rings. The number of hydrogen-bond acceptors (Lipinski definition) is 5. The Morgan fingerprint density at radius 3 is 2.39 bits per heavy atom. The maximum absolute atomic E-state index is 13.6. The minimum Gasteiger partial charge on any atom is -0.484 e. The van der Waals surface area contributed by atoms with Gasteiger partial charge in [-0.25, -0.2) is 8.78 Å². The van der Waals surface area contributed by atoms with E-state index in [0.717, 1.165) is 6.07 Å². The molecule has 0 bridgehead atoms. The molecule has 2 N–H and O–H groups in total. The van der Waals surface area contributed by atoms with E-state index in [-0.39, 0.29) is 16.8 Å². The summed E-state index contributed by atoms with van der Waals surface area (Å²) in [5.41, 5.74) is -0.284. The van der Waals surface area contributed by atoms with Crippen molar-refractivity contribution in [1.29, 1.82) is 0 Å². The molecular formula is C18H15BrF2N2O5. The molecule has 0 spiro atoms. The third kappa shape index (κ3) is 6.95. The summed E-state index contributed by atoms with van der Waals surface area (Å²) >= 11 is 2.92. The van der Waals surface area contributed by atoms with Gasteiger partial charge >= 0.3 is 5.97 Å². The van der Waals surface area contributed by atoms with E-state index in [1.165, 1.54) is 0 Å². The largest absolute Gasteiger partial charge is 0.484 e. The first-order valence-corrected chi connectivity index (χ1v) is 8.69. The Balaban J connectivity index is 1.69. The van der Waals surface area contributed by atoms with E-state index in [2.05, 4.69) is 31.3 Å². The molecule has 0 aromatic heterocycles. The fourth-order valence-corrected chi connectivity index (χ4v) is 2.43. The molecule has 0 heterocycles. The first-order valence-electron chi connectivity index (χ1n) is 7.89. The van der Waals surface area contributed by atoms with Crippen molar-refractivity contribution in [3.63, 3.8) is 0 Å². The summed E-state index contributed by atoms with van der Waals surface area (Å²) in [7, 11) is 0. The Morgan fingerprint density at radius 1 is 1.00 bits per heavy atom. The highest BCUT2D eigenvalue weighted by atomic mass is 79.9. The van der Waals surface area contributed by atoms with Crippen LogP contribution in [0.3, 0.4) is 0 Å². The zero-order valence-corrected chi connectivity index (χ0v) is 15.9. The van der Waals surface area contributed by atoms with Crippen molar-refractivity contribution in [3.05, 3.63) is 58.6 Å². The summed E-state index contributed by atoms with van der Waals surface area (Å²) in [5.74, 6) is -3.57. The molecule has 2 aromatic carbocycles. The van der Waals surface area contributed by atoms with Gasteiger partial charge < -0.3 is 20.1 Å². The summed E-state index contributed by atoms with van der Waals surface area (Å²) < 4.78 is 36.5. The highest BCUT2D eigenvalue weighted by Gasteiger charge is 2.15. The van der Waals surface area contributed by atoms with Gasteiger partial charge in [0.05, 0.1) is 5.69 Å². The molecule has 0 aliphatic rings. The molecule has 2 rings (SSSR count). The molecular weight excluding hydrogens is 442 g/mol. The molecule has 0 aliphatic heterocycles. The van der Waals surface area contributed by atoms with Gasteiger partial charge in [-0.15, -0.1) is 0 Å². The van der Waals surface area contributed by atoms with E-state index in [1.54, 1.807) is 30.3 Å². The van der Waals surface area contributed by atoms with Gasteiger partial charge in [-0.05, 0) is 34.1 Å². The van der Waals surface area contributed by atoms with Gasteiger partial charge in [0.15, 0.2) is 19.0 Å². The Kier molecular flexibility index (Phi) is 7.88. The summed E-state index contributed by atoms with van der Waals surface area (Å²) in [6.07, 6.45) is 0. The number of benzene rings is 2. The third-order valence-corrected chi connectivity index (χ3v) is 3.80. The van der Waals surface area contributed by atoms with Crippen LogP contribution in [0.25, 0.3) is 0 Å². The van der Waals surface area contributed by atoms with E-state index in [0.29, 0.717) is 11.8 Å². The molecule has 0 radical (unpaired) electrons. The Labute approximate surface area is 167 Å². The number of carbonyl (C=O) groups excluding carboxylic acids is 3. The predicted octanol–water partition coefficient (Wildman–Crippen LogP) is 2.40. The summed E-state index contributed by atoms with van der Waals surface area (Å²) in [5, 5.41) is 4.42. The maximum atomic E-state index is 13.6. The number of nitrogens with one attached hydrogen (secondary N) is 2. The second-order valence-corrected chi connectivity index (χ2v) is 6.19. The second-order valence-electron chi connectivity index (χ2n) is 5.33. The molecule has 7 nitrogen and oxygen atoms in total. The van der Waals surface area contributed by atoms with E-state index in [9.17, 15) is 23.2 Å². The third-order valence-electron chi connectivity index (χ3n) is 3.18. The van der Waals surface area contributed by atoms with Crippen molar-refractivity contribution in [3.8, 4) is 5.75 Å². The number of carbonyl (C=O) groups is 3. The number of anilines is 1. The lowest BCUT2D eigenvalue weighted by Crippen LogP contribution is -2.35. The molecule has 148 valence electrons. The highest BCUT2D eigenvalue weighted by Crippen LogP contribution is 2.26. The highest BCUT2D eigenvalue weighted by molar-refractivity contribution is 9.10.